The fourth-order valence-corrected chi connectivity index (χ4v) is 2.88. The van der Waals surface area contributed by atoms with Crippen molar-refractivity contribution >= 4 is 21.6 Å². The van der Waals surface area contributed by atoms with Gasteiger partial charge in [0.15, 0.2) is 0 Å². The Hall–Kier alpha value is -2.34. The van der Waals surface area contributed by atoms with Gasteiger partial charge in [0.25, 0.3) is 10.0 Å². The Morgan fingerprint density at radius 1 is 1.00 bits per heavy atom. The van der Waals surface area contributed by atoms with Gasteiger partial charge >= 0.3 is 0 Å². The highest BCUT2D eigenvalue weighted by molar-refractivity contribution is 7.92. The number of primary amides is 1. The van der Waals surface area contributed by atoms with E-state index in [0.29, 0.717) is 12.1 Å². The summed E-state index contributed by atoms with van der Waals surface area (Å²) in [6.45, 7) is 0. The van der Waals surface area contributed by atoms with Gasteiger partial charge in [0.1, 0.15) is 0 Å². The van der Waals surface area contributed by atoms with Gasteiger partial charge < -0.3 is 5.73 Å². The van der Waals surface area contributed by atoms with Crippen molar-refractivity contribution in [1.82, 2.24) is 0 Å². The predicted molar refractivity (Wildman–Crippen MR) is 81.2 cm³/mol. The molecule has 1 amide bonds. The number of amides is 1. The summed E-state index contributed by atoms with van der Waals surface area (Å²) in [7, 11) is -3.60. The highest BCUT2D eigenvalue weighted by Crippen LogP contribution is 2.16. The summed E-state index contributed by atoms with van der Waals surface area (Å²) in [5.74, 6) is -0.377. The van der Waals surface area contributed by atoms with Crippen LogP contribution in [0.3, 0.4) is 0 Å². The third-order valence-electron chi connectivity index (χ3n) is 2.92. The van der Waals surface area contributed by atoms with E-state index in [-0.39, 0.29) is 17.2 Å². The molecule has 3 N–H and O–H groups in total. The lowest BCUT2D eigenvalue weighted by atomic mass is 10.1. The summed E-state index contributed by atoms with van der Waals surface area (Å²) in [6, 6.07) is 15.1. The lowest BCUT2D eigenvalue weighted by Crippen LogP contribution is -2.13. The first-order chi connectivity index (χ1) is 9.97. The van der Waals surface area contributed by atoms with E-state index in [4.69, 9.17) is 5.73 Å². The van der Waals surface area contributed by atoms with E-state index in [2.05, 4.69) is 4.72 Å². The summed E-state index contributed by atoms with van der Waals surface area (Å²) in [5.41, 5.74) is 6.46. The molecule has 21 heavy (non-hydrogen) atoms. The Kier molecular flexibility index (Phi) is 4.59. The zero-order chi connectivity index (χ0) is 15.3. The molecule has 5 nitrogen and oxygen atoms in total. The lowest BCUT2D eigenvalue weighted by Gasteiger charge is -2.08. The number of anilines is 1. The van der Waals surface area contributed by atoms with Crippen LogP contribution >= 0.6 is 0 Å². The molecule has 0 radical (unpaired) electrons. The molecule has 6 heteroatoms. The number of carbonyl (C=O) groups is 1. The van der Waals surface area contributed by atoms with E-state index in [1.807, 2.05) is 6.07 Å². The van der Waals surface area contributed by atoms with Crippen molar-refractivity contribution < 1.29 is 13.2 Å². The summed E-state index contributed by atoms with van der Waals surface area (Å²) in [4.78, 5) is 10.9. The van der Waals surface area contributed by atoms with Crippen LogP contribution in [0.5, 0.6) is 0 Å². The van der Waals surface area contributed by atoms with Gasteiger partial charge in [0, 0.05) is 12.1 Å². The number of sulfonamides is 1. The molecule has 0 aliphatic rings. The van der Waals surface area contributed by atoms with Crippen LogP contribution in [-0.4, -0.2) is 14.3 Å². The van der Waals surface area contributed by atoms with Crippen molar-refractivity contribution in [2.24, 2.45) is 5.73 Å². The molecule has 2 rings (SSSR count). The molecule has 0 saturated heterocycles. The van der Waals surface area contributed by atoms with Crippen molar-refractivity contribution in [2.45, 2.75) is 17.7 Å². The molecule has 2 aromatic carbocycles. The summed E-state index contributed by atoms with van der Waals surface area (Å²) in [5, 5.41) is 0. The smallest absolute Gasteiger partial charge is 0.261 e. The molecule has 0 spiro atoms. The normalized spacial score (nSPS) is 11.0. The Morgan fingerprint density at radius 3 is 2.19 bits per heavy atom. The van der Waals surface area contributed by atoms with Gasteiger partial charge in [0.05, 0.1) is 4.90 Å². The number of benzene rings is 2. The number of nitrogens with one attached hydrogen (secondary N) is 1. The SMILES string of the molecule is NC(=O)CCc1ccc(S(=O)(=O)Nc2ccccc2)cc1. The maximum absolute atomic E-state index is 12.2. The zero-order valence-corrected chi connectivity index (χ0v) is 12.1. The first-order valence-corrected chi connectivity index (χ1v) is 7.91. The number of aryl methyl sites for hydroxylation is 1. The average Bonchev–Trinajstić information content (AvgIpc) is 2.46. The largest absolute Gasteiger partial charge is 0.370 e. The molecular formula is C15H16N2O3S. The Morgan fingerprint density at radius 2 is 1.62 bits per heavy atom. The molecule has 0 aliphatic heterocycles. The minimum atomic E-state index is -3.60. The molecule has 0 bridgehead atoms. The topological polar surface area (TPSA) is 89.3 Å². The van der Waals surface area contributed by atoms with Crippen LogP contribution in [0, 0.1) is 0 Å². The van der Waals surface area contributed by atoms with Crippen molar-refractivity contribution in [1.29, 1.82) is 0 Å². The van der Waals surface area contributed by atoms with Crippen molar-refractivity contribution in [3.05, 3.63) is 60.2 Å². The summed E-state index contributed by atoms with van der Waals surface area (Å²) in [6.07, 6.45) is 0.746. The molecule has 0 fully saturated rings. The Labute approximate surface area is 123 Å². The van der Waals surface area contributed by atoms with Gasteiger partial charge in [-0.05, 0) is 36.2 Å². The molecular weight excluding hydrogens is 288 g/mol. The second-order valence-electron chi connectivity index (χ2n) is 4.58. The fourth-order valence-electron chi connectivity index (χ4n) is 1.82. The zero-order valence-electron chi connectivity index (χ0n) is 11.3. The maximum Gasteiger partial charge on any atom is 0.261 e. The fraction of sp³-hybridized carbons (Fsp3) is 0.133. The molecule has 0 atom stereocenters. The van der Waals surface area contributed by atoms with Gasteiger partial charge in [-0.1, -0.05) is 30.3 Å². The second kappa shape index (κ2) is 6.41. The van der Waals surface area contributed by atoms with Crippen molar-refractivity contribution in [3.8, 4) is 0 Å². The number of nitrogens with two attached hydrogens (primary N) is 1. The number of hydrogen-bond acceptors (Lipinski definition) is 3. The highest BCUT2D eigenvalue weighted by atomic mass is 32.2. The standard InChI is InChI=1S/C15H16N2O3S/c16-15(18)11-8-12-6-9-14(10-7-12)21(19,20)17-13-4-2-1-3-5-13/h1-7,9-10,17H,8,11H2,(H2,16,18). The average molecular weight is 304 g/mol. The number of rotatable bonds is 6. The van der Waals surface area contributed by atoms with Crippen LogP contribution in [0.25, 0.3) is 0 Å². The van der Waals surface area contributed by atoms with Crippen LogP contribution in [0.15, 0.2) is 59.5 Å². The van der Waals surface area contributed by atoms with E-state index < -0.39 is 10.0 Å². The summed E-state index contributed by atoms with van der Waals surface area (Å²) < 4.78 is 26.9. The van der Waals surface area contributed by atoms with Gasteiger partial charge in [-0.2, -0.15) is 0 Å². The lowest BCUT2D eigenvalue weighted by molar-refractivity contribution is -0.117. The minimum Gasteiger partial charge on any atom is -0.370 e. The molecule has 2 aromatic rings. The van der Waals surface area contributed by atoms with E-state index >= 15 is 0 Å². The second-order valence-corrected chi connectivity index (χ2v) is 6.26. The monoisotopic (exact) mass is 304 g/mol. The first kappa shape index (κ1) is 15.1. The predicted octanol–water partition coefficient (Wildman–Crippen LogP) is 1.91. The quantitative estimate of drug-likeness (QED) is 0.854. The maximum atomic E-state index is 12.2. The van der Waals surface area contributed by atoms with Crippen LogP contribution in [-0.2, 0) is 21.2 Å². The van der Waals surface area contributed by atoms with Crippen molar-refractivity contribution in [3.63, 3.8) is 0 Å². The van der Waals surface area contributed by atoms with E-state index in [9.17, 15) is 13.2 Å². The molecule has 0 aliphatic carbocycles. The van der Waals surface area contributed by atoms with Gasteiger partial charge in [-0.15, -0.1) is 0 Å². The van der Waals surface area contributed by atoms with Crippen molar-refractivity contribution in [2.75, 3.05) is 4.72 Å². The van der Waals surface area contributed by atoms with Gasteiger partial charge in [0.2, 0.25) is 5.91 Å². The Balaban J connectivity index is 2.12. The summed E-state index contributed by atoms with van der Waals surface area (Å²) >= 11 is 0. The van der Waals surface area contributed by atoms with Crippen LogP contribution in [0.2, 0.25) is 0 Å². The molecule has 0 unspecified atom stereocenters. The minimum absolute atomic E-state index is 0.175. The van der Waals surface area contributed by atoms with E-state index in [1.165, 1.54) is 12.1 Å². The van der Waals surface area contributed by atoms with Gasteiger partial charge in [-0.3, -0.25) is 9.52 Å². The third kappa shape index (κ3) is 4.32. The highest BCUT2D eigenvalue weighted by Gasteiger charge is 2.13. The van der Waals surface area contributed by atoms with E-state index in [0.717, 1.165) is 5.56 Å². The van der Waals surface area contributed by atoms with Crippen LogP contribution in [0.4, 0.5) is 5.69 Å². The van der Waals surface area contributed by atoms with Crippen LogP contribution < -0.4 is 10.5 Å². The number of para-hydroxylation sites is 1. The van der Waals surface area contributed by atoms with Gasteiger partial charge in [-0.25, -0.2) is 8.42 Å². The molecule has 110 valence electrons. The molecule has 0 aromatic heterocycles. The Bertz CT molecular complexity index is 710. The van der Waals surface area contributed by atoms with E-state index in [1.54, 1.807) is 36.4 Å². The molecule has 0 heterocycles. The number of hydrogen-bond donors (Lipinski definition) is 2. The number of carbonyl (C=O) groups excluding carboxylic acids is 1. The van der Waals surface area contributed by atoms with Crippen LogP contribution in [0.1, 0.15) is 12.0 Å². The molecule has 0 saturated carbocycles. The third-order valence-corrected chi connectivity index (χ3v) is 4.32. The first-order valence-electron chi connectivity index (χ1n) is 6.42.